The largest absolute Gasteiger partial charge is 0.493 e. The van der Waals surface area contributed by atoms with Crippen molar-refractivity contribution in [2.75, 3.05) is 70.7 Å². The molecule has 2 fully saturated rings. The number of anilines is 1. The van der Waals surface area contributed by atoms with E-state index in [1.165, 1.54) is 36.5 Å². The Bertz CT molecular complexity index is 1050. The molecule has 0 aliphatic carbocycles. The van der Waals surface area contributed by atoms with E-state index in [4.69, 9.17) is 14.5 Å². The Kier molecular flexibility index (Phi) is 8.23. The van der Waals surface area contributed by atoms with Gasteiger partial charge in [-0.1, -0.05) is 6.07 Å². The van der Waals surface area contributed by atoms with E-state index in [0.29, 0.717) is 45.0 Å². The first kappa shape index (κ1) is 24.7. The highest BCUT2D eigenvalue weighted by atomic mass is 32.2. The van der Waals surface area contributed by atoms with Gasteiger partial charge < -0.3 is 19.3 Å². The zero-order valence-electron chi connectivity index (χ0n) is 20.1. The summed E-state index contributed by atoms with van der Waals surface area (Å²) in [6.45, 7) is 6.28. The van der Waals surface area contributed by atoms with Crippen molar-refractivity contribution in [1.82, 2.24) is 19.2 Å². The van der Waals surface area contributed by atoms with Gasteiger partial charge in [-0.15, -0.1) is 0 Å². The number of sulfonamides is 1. The second-order valence-corrected chi connectivity index (χ2v) is 10.9. The summed E-state index contributed by atoms with van der Waals surface area (Å²) in [5, 5.41) is 0. The van der Waals surface area contributed by atoms with Gasteiger partial charge in [0.05, 0.1) is 20.0 Å². The molecule has 3 heterocycles. The average Bonchev–Trinajstić information content (AvgIpc) is 3.35. The van der Waals surface area contributed by atoms with Gasteiger partial charge in [-0.2, -0.15) is 4.31 Å². The lowest BCUT2D eigenvalue weighted by molar-refractivity contribution is 0.254. The highest BCUT2D eigenvalue weighted by molar-refractivity contribution is 7.88. The Balaban J connectivity index is 1.36. The van der Waals surface area contributed by atoms with Gasteiger partial charge in [0.2, 0.25) is 10.0 Å². The third kappa shape index (κ3) is 6.58. The highest BCUT2D eigenvalue weighted by Crippen LogP contribution is 2.29. The van der Waals surface area contributed by atoms with Crippen molar-refractivity contribution in [2.24, 2.45) is 0 Å². The molecule has 2 saturated heterocycles. The Morgan fingerprint density at radius 1 is 1.00 bits per heavy atom. The lowest BCUT2D eigenvalue weighted by Crippen LogP contribution is -2.48. The molecule has 0 atom stereocenters. The number of likely N-dealkylation sites (tertiary alicyclic amines) is 1. The van der Waals surface area contributed by atoms with Gasteiger partial charge in [0, 0.05) is 45.3 Å². The van der Waals surface area contributed by atoms with Crippen LogP contribution in [0.3, 0.4) is 0 Å². The van der Waals surface area contributed by atoms with E-state index in [1.807, 2.05) is 24.3 Å². The maximum Gasteiger partial charge on any atom is 0.211 e. The molecular weight excluding hydrogens is 454 g/mol. The summed E-state index contributed by atoms with van der Waals surface area (Å²) in [7, 11) is -1.50. The Morgan fingerprint density at radius 2 is 1.76 bits per heavy atom. The molecule has 10 heteroatoms. The van der Waals surface area contributed by atoms with Crippen LogP contribution in [-0.2, 0) is 16.4 Å². The minimum absolute atomic E-state index is 0.467. The fourth-order valence-electron chi connectivity index (χ4n) is 4.50. The molecule has 0 bridgehead atoms. The summed E-state index contributed by atoms with van der Waals surface area (Å²) in [5.41, 5.74) is 1.05. The van der Waals surface area contributed by atoms with E-state index in [9.17, 15) is 8.42 Å². The van der Waals surface area contributed by atoms with E-state index < -0.39 is 10.0 Å². The predicted octanol–water partition coefficient (Wildman–Crippen LogP) is 2.02. The van der Waals surface area contributed by atoms with Crippen molar-refractivity contribution >= 4 is 15.8 Å². The van der Waals surface area contributed by atoms with E-state index >= 15 is 0 Å². The van der Waals surface area contributed by atoms with Crippen molar-refractivity contribution < 1.29 is 17.9 Å². The summed E-state index contributed by atoms with van der Waals surface area (Å²) < 4.78 is 36.6. The molecule has 1 aromatic carbocycles. The normalized spacial score (nSPS) is 17.8. The molecule has 0 unspecified atom stereocenters. The first-order chi connectivity index (χ1) is 16.4. The van der Waals surface area contributed by atoms with Crippen LogP contribution in [0.1, 0.15) is 30.7 Å². The van der Waals surface area contributed by atoms with Crippen LogP contribution in [0.5, 0.6) is 11.5 Å². The lowest BCUT2D eigenvalue weighted by Gasteiger charge is -2.34. The Hall–Kier alpha value is -2.43. The molecular formula is C24H35N5O4S. The number of hydrogen-bond donors (Lipinski definition) is 0. The van der Waals surface area contributed by atoms with E-state index in [2.05, 4.69) is 14.8 Å². The van der Waals surface area contributed by atoms with E-state index in [1.54, 1.807) is 13.3 Å². The molecule has 4 rings (SSSR count). The molecule has 2 aliphatic heterocycles. The third-order valence-corrected chi connectivity index (χ3v) is 7.69. The number of ether oxygens (including phenoxy) is 2. The van der Waals surface area contributed by atoms with Crippen LogP contribution in [0.15, 0.2) is 30.5 Å². The second kappa shape index (κ2) is 11.3. The van der Waals surface area contributed by atoms with Gasteiger partial charge in [-0.3, -0.25) is 0 Å². The first-order valence-corrected chi connectivity index (χ1v) is 13.8. The number of benzene rings is 1. The molecule has 0 spiro atoms. The molecule has 34 heavy (non-hydrogen) atoms. The molecule has 9 nitrogen and oxygen atoms in total. The van der Waals surface area contributed by atoms with Crippen molar-refractivity contribution in [1.29, 1.82) is 0 Å². The van der Waals surface area contributed by atoms with Crippen molar-refractivity contribution in [2.45, 2.75) is 25.7 Å². The SMILES string of the molecule is COc1ccc(Cc2nccc(N3CCN(S(C)(=O)=O)CC3)n2)cc1OCCCN1CCCC1. The van der Waals surface area contributed by atoms with Gasteiger partial charge in [-0.05, 0) is 56.1 Å². The summed E-state index contributed by atoms with van der Waals surface area (Å²) in [5.74, 6) is 3.01. The molecule has 1 aromatic heterocycles. The molecule has 0 amide bonds. The van der Waals surface area contributed by atoms with Crippen LogP contribution in [0.4, 0.5) is 5.82 Å². The molecule has 0 N–H and O–H groups in total. The standard InChI is InChI=1S/C24H35N5O4S/c1-32-21-7-6-20(18-22(21)33-17-5-12-27-10-3-4-11-27)19-23-25-9-8-24(26-23)28-13-15-29(16-14-28)34(2,30)31/h6-9,18H,3-5,10-17,19H2,1-2H3. The first-order valence-electron chi connectivity index (χ1n) is 12.0. The van der Waals surface area contributed by atoms with E-state index in [-0.39, 0.29) is 0 Å². The van der Waals surface area contributed by atoms with Crippen LogP contribution >= 0.6 is 0 Å². The van der Waals surface area contributed by atoms with Crippen molar-refractivity contribution in [3.63, 3.8) is 0 Å². The summed E-state index contributed by atoms with van der Waals surface area (Å²) in [4.78, 5) is 13.8. The fraction of sp³-hybridized carbons (Fsp3) is 0.583. The van der Waals surface area contributed by atoms with Crippen molar-refractivity contribution in [3.8, 4) is 11.5 Å². The summed E-state index contributed by atoms with van der Waals surface area (Å²) in [6, 6.07) is 7.83. The molecule has 0 radical (unpaired) electrons. The van der Waals surface area contributed by atoms with Crippen LogP contribution in [0, 0.1) is 0 Å². The van der Waals surface area contributed by atoms with Crippen LogP contribution in [-0.4, -0.2) is 93.4 Å². The molecule has 186 valence electrons. The minimum Gasteiger partial charge on any atom is -0.493 e. The van der Waals surface area contributed by atoms with Crippen LogP contribution < -0.4 is 14.4 Å². The number of rotatable bonds is 10. The van der Waals surface area contributed by atoms with Gasteiger partial charge in [0.25, 0.3) is 0 Å². The third-order valence-electron chi connectivity index (χ3n) is 6.39. The number of piperazine rings is 1. The van der Waals surface area contributed by atoms with Crippen molar-refractivity contribution in [3.05, 3.63) is 41.9 Å². The molecule has 2 aromatic rings. The minimum atomic E-state index is -3.15. The van der Waals surface area contributed by atoms with Crippen LogP contribution in [0.2, 0.25) is 0 Å². The molecule has 2 aliphatic rings. The van der Waals surface area contributed by atoms with Gasteiger partial charge in [0.15, 0.2) is 11.5 Å². The number of methoxy groups -OCH3 is 1. The predicted molar refractivity (Wildman–Crippen MR) is 132 cm³/mol. The monoisotopic (exact) mass is 489 g/mol. The Morgan fingerprint density at radius 3 is 2.47 bits per heavy atom. The van der Waals surface area contributed by atoms with Gasteiger partial charge in [-0.25, -0.2) is 18.4 Å². The smallest absolute Gasteiger partial charge is 0.211 e. The molecule has 0 saturated carbocycles. The number of nitrogens with zero attached hydrogens (tertiary/aromatic N) is 5. The maximum absolute atomic E-state index is 11.8. The zero-order chi connectivity index (χ0) is 24.0. The zero-order valence-corrected chi connectivity index (χ0v) is 21.0. The maximum atomic E-state index is 11.8. The lowest BCUT2D eigenvalue weighted by atomic mass is 10.1. The Labute approximate surface area is 202 Å². The highest BCUT2D eigenvalue weighted by Gasteiger charge is 2.24. The summed E-state index contributed by atoms with van der Waals surface area (Å²) in [6.07, 6.45) is 7.19. The fourth-order valence-corrected chi connectivity index (χ4v) is 5.33. The van der Waals surface area contributed by atoms with Gasteiger partial charge in [0.1, 0.15) is 11.6 Å². The van der Waals surface area contributed by atoms with E-state index in [0.717, 1.165) is 35.8 Å². The number of aromatic nitrogens is 2. The van der Waals surface area contributed by atoms with Gasteiger partial charge >= 0.3 is 0 Å². The van der Waals surface area contributed by atoms with Crippen LogP contribution in [0.25, 0.3) is 0 Å². The summed E-state index contributed by atoms with van der Waals surface area (Å²) >= 11 is 0. The number of hydrogen-bond acceptors (Lipinski definition) is 8. The second-order valence-electron chi connectivity index (χ2n) is 8.89. The topological polar surface area (TPSA) is 88.1 Å². The average molecular weight is 490 g/mol. The quantitative estimate of drug-likeness (QED) is 0.469.